The van der Waals surface area contributed by atoms with Gasteiger partial charge in [-0.3, -0.25) is 4.90 Å². The van der Waals surface area contributed by atoms with Crippen molar-refractivity contribution in [3.63, 3.8) is 0 Å². The molecule has 232 valence electrons. The molecule has 0 spiro atoms. The summed E-state index contributed by atoms with van der Waals surface area (Å²) < 4.78 is 24.8. The van der Waals surface area contributed by atoms with Gasteiger partial charge in [-0.1, -0.05) is 60.7 Å². The smallest absolute Gasteiger partial charge is 0.108 e. The van der Waals surface area contributed by atoms with Gasteiger partial charge >= 0.3 is 0 Å². The van der Waals surface area contributed by atoms with Crippen molar-refractivity contribution >= 4 is 0 Å². The first-order valence-corrected chi connectivity index (χ1v) is 15.3. The second-order valence-corrected chi connectivity index (χ2v) is 14.2. The quantitative estimate of drug-likeness (QED) is 0.180. The Balaban J connectivity index is 2.16. The molecule has 0 bridgehead atoms. The molecule has 5 nitrogen and oxygen atoms in total. The Labute approximate surface area is 251 Å². The van der Waals surface area contributed by atoms with Crippen LogP contribution in [-0.4, -0.2) is 66.8 Å². The molecular formula is C36H59NO4. The third-order valence-electron chi connectivity index (χ3n) is 7.89. The van der Waals surface area contributed by atoms with Crippen molar-refractivity contribution in [1.29, 1.82) is 0 Å². The summed E-state index contributed by atoms with van der Waals surface area (Å²) in [6, 6.07) is 21.2. The second-order valence-electron chi connectivity index (χ2n) is 14.2. The zero-order valence-corrected chi connectivity index (χ0v) is 28.1. The first-order chi connectivity index (χ1) is 19.0. The van der Waals surface area contributed by atoms with Crippen molar-refractivity contribution in [2.45, 2.75) is 129 Å². The van der Waals surface area contributed by atoms with Crippen LogP contribution < -0.4 is 0 Å². The molecule has 0 radical (unpaired) electrons. The van der Waals surface area contributed by atoms with Gasteiger partial charge in [-0.2, -0.15) is 0 Å². The van der Waals surface area contributed by atoms with E-state index in [-0.39, 0.29) is 34.9 Å². The van der Waals surface area contributed by atoms with Gasteiger partial charge < -0.3 is 18.9 Å². The molecule has 0 aliphatic carbocycles. The molecule has 2 rings (SSSR count). The highest BCUT2D eigenvalue weighted by molar-refractivity contribution is 5.30. The summed E-state index contributed by atoms with van der Waals surface area (Å²) in [5, 5.41) is 0. The lowest BCUT2D eigenvalue weighted by Gasteiger charge is -2.53. The topological polar surface area (TPSA) is 40.2 Å². The van der Waals surface area contributed by atoms with E-state index >= 15 is 0 Å². The van der Waals surface area contributed by atoms with Crippen molar-refractivity contribution < 1.29 is 18.9 Å². The first-order valence-electron chi connectivity index (χ1n) is 15.3. The molecule has 0 amide bonds. The van der Waals surface area contributed by atoms with Crippen LogP contribution in [0.4, 0.5) is 0 Å². The van der Waals surface area contributed by atoms with Gasteiger partial charge in [0.05, 0.1) is 23.9 Å². The minimum Gasteiger partial charge on any atom is -0.385 e. The number of rotatable bonds is 18. The van der Waals surface area contributed by atoms with E-state index in [1.165, 1.54) is 0 Å². The largest absolute Gasteiger partial charge is 0.385 e. The van der Waals surface area contributed by atoms with Crippen molar-refractivity contribution in [2.75, 3.05) is 27.4 Å². The Morgan fingerprint density at radius 2 is 1.12 bits per heavy atom. The highest BCUT2D eigenvalue weighted by Crippen LogP contribution is 2.37. The summed E-state index contributed by atoms with van der Waals surface area (Å²) in [5.41, 5.74) is 1.37. The summed E-state index contributed by atoms with van der Waals surface area (Å²) in [4.78, 5) is 2.61. The summed E-state index contributed by atoms with van der Waals surface area (Å²) in [6.07, 6.45) is 2.48. The van der Waals surface area contributed by atoms with Gasteiger partial charge in [0.15, 0.2) is 0 Å². The van der Waals surface area contributed by atoms with Crippen molar-refractivity contribution in [2.24, 2.45) is 0 Å². The lowest BCUT2D eigenvalue weighted by molar-refractivity contribution is -0.136. The van der Waals surface area contributed by atoms with Crippen LogP contribution in [0.1, 0.15) is 106 Å². The van der Waals surface area contributed by atoms with E-state index in [0.717, 1.165) is 37.0 Å². The molecule has 2 unspecified atom stereocenters. The van der Waals surface area contributed by atoms with Crippen LogP contribution in [0.25, 0.3) is 0 Å². The van der Waals surface area contributed by atoms with Crippen LogP contribution in [0.3, 0.4) is 0 Å². The van der Waals surface area contributed by atoms with Crippen molar-refractivity contribution in [3.05, 3.63) is 71.8 Å². The van der Waals surface area contributed by atoms with Crippen LogP contribution in [0.5, 0.6) is 0 Å². The van der Waals surface area contributed by atoms with Gasteiger partial charge in [0, 0.05) is 44.4 Å². The van der Waals surface area contributed by atoms with E-state index in [0.29, 0.717) is 6.61 Å². The number of ether oxygens (including phenoxy) is 4. The third kappa shape index (κ3) is 11.1. The molecule has 0 aromatic heterocycles. The maximum atomic E-state index is 6.85. The van der Waals surface area contributed by atoms with Gasteiger partial charge in [0.1, 0.15) is 6.10 Å². The predicted molar refractivity (Wildman–Crippen MR) is 172 cm³/mol. The van der Waals surface area contributed by atoms with Gasteiger partial charge in [-0.15, -0.1) is 0 Å². The normalized spacial score (nSPS) is 15.0. The van der Waals surface area contributed by atoms with Crippen molar-refractivity contribution in [1.82, 2.24) is 4.90 Å². The van der Waals surface area contributed by atoms with E-state index in [4.69, 9.17) is 18.9 Å². The van der Waals surface area contributed by atoms with E-state index in [1.807, 2.05) is 12.1 Å². The number of hydrogen-bond donors (Lipinski definition) is 0. The molecule has 0 N–H and O–H groups in total. The average molecular weight is 570 g/mol. The lowest BCUT2D eigenvalue weighted by Crippen LogP contribution is -2.62. The minimum absolute atomic E-state index is 0.0151. The fraction of sp³-hybridized carbons (Fsp3) is 0.667. The maximum absolute atomic E-state index is 6.85. The maximum Gasteiger partial charge on any atom is 0.108 e. The summed E-state index contributed by atoms with van der Waals surface area (Å²) in [5.74, 6) is 0. The average Bonchev–Trinajstić information content (AvgIpc) is 2.85. The van der Waals surface area contributed by atoms with Gasteiger partial charge in [0.25, 0.3) is 0 Å². The fourth-order valence-corrected chi connectivity index (χ4v) is 6.99. The van der Waals surface area contributed by atoms with Crippen LogP contribution in [0.2, 0.25) is 0 Å². The Bertz CT molecular complexity index is 963. The third-order valence-corrected chi connectivity index (χ3v) is 7.89. The van der Waals surface area contributed by atoms with E-state index in [2.05, 4.69) is 123 Å². The molecule has 2 atom stereocenters. The van der Waals surface area contributed by atoms with Gasteiger partial charge in [-0.05, 0) is 93.2 Å². The standard InChI is InChI=1S/C36H59NO4/c1-28(37(34(5,6)27-39-12)33(3,4)23-24-38-11)25-35(7,8)40-29(2)26-36(9,10)41-32(30-19-15-13-16-20-30)31-21-17-14-18-22-31/h13-22,28-29,32H,23-27H2,1-12H3. The second kappa shape index (κ2) is 15.1. The Kier molecular flexibility index (Phi) is 13.1. The zero-order valence-electron chi connectivity index (χ0n) is 28.1. The molecule has 2 aromatic carbocycles. The molecule has 2 aromatic rings. The van der Waals surface area contributed by atoms with Crippen LogP contribution in [0.15, 0.2) is 60.7 Å². The molecule has 0 aliphatic heterocycles. The Morgan fingerprint density at radius 1 is 0.634 bits per heavy atom. The van der Waals surface area contributed by atoms with Crippen LogP contribution in [-0.2, 0) is 18.9 Å². The molecule has 5 heteroatoms. The molecule has 0 saturated heterocycles. The van der Waals surface area contributed by atoms with Gasteiger partial charge in [-0.25, -0.2) is 0 Å². The summed E-state index contributed by atoms with van der Waals surface area (Å²) in [7, 11) is 3.56. The van der Waals surface area contributed by atoms with Gasteiger partial charge in [0.2, 0.25) is 0 Å². The Morgan fingerprint density at radius 3 is 1.59 bits per heavy atom. The fourth-order valence-electron chi connectivity index (χ4n) is 6.99. The summed E-state index contributed by atoms with van der Waals surface area (Å²) >= 11 is 0. The monoisotopic (exact) mass is 569 g/mol. The predicted octanol–water partition coefficient (Wildman–Crippen LogP) is 8.47. The highest BCUT2D eigenvalue weighted by atomic mass is 16.5. The SMILES string of the molecule is COCCC(C)(C)N(C(C)CC(C)(C)OC(C)CC(C)(C)OC(c1ccccc1)c1ccccc1)C(C)(C)COC. The van der Waals surface area contributed by atoms with Crippen molar-refractivity contribution in [3.8, 4) is 0 Å². The number of methoxy groups -OCH3 is 2. The van der Waals surface area contributed by atoms with E-state index in [9.17, 15) is 0 Å². The number of benzene rings is 2. The van der Waals surface area contributed by atoms with E-state index in [1.54, 1.807) is 14.2 Å². The molecule has 0 fully saturated rings. The highest BCUT2D eigenvalue weighted by Gasteiger charge is 2.42. The molecule has 41 heavy (non-hydrogen) atoms. The molecule has 0 saturated carbocycles. The zero-order chi connectivity index (χ0) is 30.9. The molecule has 0 heterocycles. The lowest BCUT2D eigenvalue weighted by atomic mass is 9.86. The Hall–Kier alpha value is -1.76. The molecular weight excluding hydrogens is 510 g/mol. The summed E-state index contributed by atoms with van der Waals surface area (Å²) in [6.45, 7) is 23.8. The minimum atomic E-state index is -0.397. The number of hydrogen-bond acceptors (Lipinski definition) is 5. The molecule has 0 aliphatic rings. The number of nitrogens with zero attached hydrogens (tertiary/aromatic N) is 1. The van der Waals surface area contributed by atoms with E-state index < -0.39 is 5.60 Å². The van der Waals surface area contributed by atoms with Crippen LogP contribution >= 0.6 is 0 Å². The van der Waals surface area contributed by atoms with Crippen LogP contribution in [0, 0.1) is 0 Å². The first kappa shape index (κ1) is 35.4.